The summed E-state index contributed by atoms with van der Waals surface area (Å²) >= 11 is 6.37. The number of hydrogen-bond acceptors (Lipinski definition) is 8. The number of ether oxygens (including phenoxy) is 3. The third kappa shape index (κ3) is 3.07. The second kappa shape index (κ2) is 7.43. The average Bonchev–Trinajstić information content (AvgIpc) is 3.28. The molecule has 0 aliphatic carbocycles. The van der Waals surface area contributed by atoms with Gasteiger partial charge in [-0.3, -0.25) is 9.59 Å². The molecule has 0 fully saturated rings. The molecule has 6 rings (SSSR count). The lowest BCUT2D eigenvalue weighted by molar-refractivity contribution is -0.135. The van der Waals surface area contributed by atoms with Crippen molar-refractivity contribution in [2.75, 3.05) is 6.79 Å². The summed E-state index contributed by atoms with van der Waals surface area (Å²) in [6, 6.07) is 10.7. The van der Waals surface area contributed by atoms with Crippen LogP contribution < -0.4 is 19.6 Å². The monoisotopic (exact) mass is 478 g/mol. The number of aromatic hydroxyl groups is 2. The van der Waals surface area contributed by atoms with E-state index >= 15 is 0 Å². The van der Waals surface area contributed by atoms with Gasteiger partial charge >= 0.3 is 5.97 Å². The molecule has 2 N–H and O–H groups in total. The van der Waals surface area contributed by atoms with Gasteiger partial charge in [0.2, 0.25) is 12.2 Å². The van der Waals surface area contributed by atoms with Crippen LogP contribution >= 0.6 is 11.6 Å². The molecular formula is C25H15ClO8. The van der Waals surface area contributed by atoms with Gasteiger partial charge in [0.05, 0.1) is 17.0 Å². The van der Waals surface area contributed by atoms with Crippen molar-refractivity contribution in [1.82, 2.24) is 0 Å². The quantitative estimate of drug-likeness (QED) is 0.315. The highest BCUT2D eigenvalue weighted by atomic mass is 35.5. The van der Waals surface area contributed by atoms with Gasteiger partial charge in [-0.2, -0.15) is 0 Å². The first-order valence-corrected chi connectivity index (χ1v) is 10.7. The molecule has 9 heteroatoms. The first-order chi connectivity index (χ1) is 16.4. The van der Waals surface area contributed by atoms with E-state index < -0.39 is 17.3 Å². The molecule has 0 unspecified atom stereocenters. The maximum Gasteiger partial charge on any atom is 0.312 e. The Hall–Kier alpha value is -4.17. The van der Waals surface area contributed by atoms with Crippen molar-refractivity contribution >= 4 is 28.5 Å². The normalized spacial score (nSPS) is 16.4. The van der Waals surface area contributed by atoms with Crippen molar-refractivity contribution < 1.29 is 33.6 Å². The van der Waals surface area contributed by atoms with Crippen LogP contribution in [0.15, 0.2) is 57.9 Å². The Kier molecular flexibility index (Phi) is 4.46. The Morgan fingerprint density at radius 2 is 1.76 bits per heavy atom. The fraction of sp³-hybridized carbons (Fsp3) is 0.120. The Morgan fingerprint density at radius 1 is 0.971 bits per heavy atom. The molecule has 3 heterocycles. The summed E-state index contributed by atoms with van der Waals surface area (Å²) in [7, 11) is 0. The van der Waals surface area contributed by atoms with Crippen LogP contribution in [0.5, 0.6) is 28.7 Å². The number of halogens is 1. The molecule has 0 saturated heterocycles. The van der Waals surface area contributed by atoms with Gasteiger partial charge in [0.1, 0.15) is 34.5 Å². The highest BCUT2D eigenvalue weighted by molar-refractivity contribution is 6.32. The minimum atomic E-state index is -0.575. The number of fused-ring (bicyclic) bond motifs is 4. The van der Waals surface area contributed by atoms with Gasteiger partial charge in [-0.25, -0.2) is 0 Å². The van der Waals surface area contributed by atoms with Crippen LogP contribution in [0.4, 0.5) is 0 Å². The number of carbonyl (C=O) groups excluding carboxylic acids is 1. The first-order valence-electron chi connectivity index (χ1n) is 10.3. The Bertz CT molecular complexity index is 1550. The van der Waals surface area contributed by atoms with Crippen LogP contribution in [-0.2, 0) is 4.79 Å². The van der Waals surface area contributed by atoms with E-state index in [-0.39, 0.29) is 47.0 Å². The average molecular weight is 479 g/mol. The van der Waals surface area contributed by atoms with E-state index in [2.05, 4.69) is 0 Å². The van der Waals surface area contributed by atoms with Crippen LogP contribution in [0, 0.1) is 0 Å². The first kappa shape index (κ1) is 20.4. The molecule has 170 valence electrons. The summed E-state index contributed by atoms with van der Waals surface area (Å²) in [5.41, 5.74) is 1.44. The fourth-order valence-corrected chi connectivity index (χ4v) is 4.72. The van der Waals surface area contributed by atoms with Crippen molar-refractivity contribution in [2.24, 2.45) is 0 Å². The predicted molar refractivity (Wildman–Crippen MR) is 121 cm³/mol. The molecule has 0 amide bonds. The Labute approximate surface area is 196 Å². The molecule has 8 nitrogen and oxygen atoms in total. The second-order valence-electron chi connectivity index (χ2n) is 8.00. The molecule has 1 atom stereocenters. The molecule has 0 bridgehead atoms. The summed E-state index contributed by atoms with van der Waals surface area (Å²) in [6.07, 6.45) is 1.25. The summed E-state index contributed by atoms with van der Waals surface area (Å²) in [6.45, 7) is 0.0352. The van der Waals surface area contributed by atoms with E-state index in [1.165, 1.54) is 24.5 Å². The van der Waals surface area contributed by atoms with Gasteiger partial charge in [0.25, 0.3) is 0 Å². The van der Waals surface area contributed by atoms with E-state index in [4.69, 9.17) is 30.2 Å². The van der Waals surface area contributed by atoms with E-state index in [0.717, 1.165) is 0 Å². The molecule has 2 aliphatic rings. The van der Waals surface area contributed by atoms with Crippen molar-refractivity contribution in [3.63, 3.8) is 0 Å². The molecule has 0 spiro atoms. The topological polar surface area (TPSA) is 115 Å². The maximum absolute atomic E-state index is 13.4. The third-order valence-electron chi connectivity index (χ3n) is 6.00. The Balaban J connectivity index is 1.59. The molecule has 4 aromatic rings. The number of phenols is 2. The van der Waals surface area contributed by atoms with E-state index in [9.17, 15) is 19.8 Å². The molecule has 2 aliphatic heterocycles. The smallest absolute Gasteiger partial charge is 0.312 e. The number of benzene rings is 3. The third-order valence-corrected chi connectivity index (χ3v) is 6.28. The number of rotatable bonds is 2. The predicted octanol–water partition coefficient (Wildman–Crippen LogP) is 4.69. The summed E-state index contributed by atoms with van der Waals surface area (Å²) < 4.78 is 22.1. The zero-order valence-corrected chi connectivity index (χ0v) is 18.1. The Morgan fingerprint density at radius 3 is 2.56 bits per heavy atom. The zero-order chi connectivity index (χ0) is 23.6. The minimum Gasteiger partial charge on any atom is -0.508 e. The van der Waals surface area contributed by atoms with Crippen LogP contribution in [0.2, 0.25) is 5.02 Å². The number of phenolic OH excluding ortho intramolecular Hbond substituents is 2. The van der Waals surface area contributed by atoms with Gasteiger partial charge in [0, 0.05) is 17.5 Å². The van der Waals surface area contributed by atoms with Gasteiger partial charge in [-0.05, 0) is 35.4 Å². The number of esters is 1. The number of hydrogen-bond donors (Lipinski definition) is 2. The van der Waals surface area contributed by atoms with Gasteiger partial charge < -0.3 is 28.8 Å². The molecular weight excluding hydrogens is 464 g/mol. The summed E-state index contributed by atoms with van der Waals surface area (Å²) in [5, 5.41) is 20.5. The van der Waals surface area contributed by atoms with Crippen LogP contribution in [0.3, 0.4) is 0 Å². The number of carbonyl (C=O) groups is 1. The largest absolute Gasteiger partial charge is 0.508 e. The highest BCUT2D eigenvalue weighted by Crippen LogP contribution is 2.49. The van der Waals surface area contributed by atoms with E-state index in [1.54, 1.807) is 24.3 Å². The van der Waals surface area contributed by atoms with Crippen LogP contribution in [0.25, 0.3) is 22.1 Å². The highest BCUT2D eigenvalue weighted by Gasteiger charge is 2.35. The fourth-order valence-electron chi connectivity index (χ4n) is 4.45. The minimum absolute atomic E-state index is 0.0352. The van der Waals surface area contributed by atoms with Crippen molar-refractivity contribution in [1.29, 1.82) is 0 Å². The van der Waals surface area contributed by atoms with Crippen molar-refractivity contribution in [3.8, 4) is 39.9 Å². The molecule has 0 saturated carbocycles. The zero-order valence-electron chi connectivity index (χ0n) is 17.3. The molecule has 34 heavy (non-hydrogen) atoms. The maximum atomic E-state index is 13.4. The van der Waals surface area contributed by atoms with Crippen LogP contribution in [0.1, 0.15) is 23.5 Å². The molecule has 1 aromatic heterocycles. The van der Waals surface area contributed by atoms with E-state index in [0.29, 0.717) is 33.2 Å². The van der Waals surface area contributed by atoms with Gasteiger partial charge in [0.15, 0.2) is 11.5 Å². The second-order valence-corrected chi connectivity index (χ2v) is 8.41. The lowest BCUT2D eigenvalue weighted by Crippen LogP contribution is -2.22. The van der Waals surface area contributed by atoms with Gasteiger partial charge in [-0.15, -0.1) is 0 Å². The molecule has 3 aromatic carbocycles. The van der Waals surface area contributed by atoms with E-state index in [1.807, 2.05) is 0 Å². The van der Waals surface area contributed by atoms with Crippen molar-refractivity contribution in [2.45, 2.75) is 12.3 Å². The lowest BCUT2D eigenvalue weighted by atomic mass is 9.84. The SMILES string of the molecule is O=C1C[C@H](c2cc(Cl)c3c(c2)OCO3)c2c(cc(O)c3c(=O)c(-c4ccc(O)cc4)coc23)O1. The molecule has 0 radical (unpaired) electrons. The van der Waals surface area contributed by atoms with Crippen LogP contribution in [-0.4, -0.2) is 23.0 Å². The lowest BCUT2D eigenvalue weighted by Gasteiger charge is -2.26. The standard InChI is InChI=1S/C25H15ClO8/c26-16-5-12(6-19-24(16)33-10-32-19)14-7-20(29)34-18-8-17(28)22-23(30)15(9-31-25(22)21(14)18)11-1-3-13(27)4-2-11/h1-6,8-9,14,27-28H,7,10H2/t14-/m1/s1. The summed E-state index contributed by atoms with van der Waals surface area (Å²) in [4.78, 5) is 25.8. The van der Waals surface area contributed by atoms with Crippen molar-refractivity contribution in [3.05, 3.63) is 75.1 Å². The summed E-state index contributed by atoms with van der Waals surface area (Å²) in [5.74, 6) is -0.437. The van der Waals surface area contributed by atoms with Gasteiger partial charge in [-0.1, -0.05) is 23.7 Å².